The highest BCUT2D eigenvalue weighted by Gasteiger charge is 2.11. The van der Waals surface area contributed by atoms with Crippen LogP contribution >= 0.6 is 34.7 Å². The van der Waals surface area contributed by atoms with Crippen molar-refractivity contribution in [3.63, 3.8) is 0 Å². The van der Waals surface area contributed by atoms with Crippen molar-refractivity contribution in [1.82, 2.24) is 15.1 Å². The van der Waals surface area contributed by atoms with Gasteiger partial charge in [0.05, 0.1) is 29.3 Å². The Morgan fingerprint density at radius 1 is 1.42 bits per heavy atom. The second-order valence-electron chi connectivity index (χ2n) is 5.16. The first-order chi connectivity index (χ1) is 12.5. The second kappa shape index (κ2) is 8.52. The lowest BCUT2D eigenvalue weighted by Crippen LogP contribution is -2.14. The molecule has 0 spiro atoms. The van der Waals surface area contributed by atoms with E-state index < -0.39 is 0 Å². The molecule has 0 fully saturated rings. The average molecular weight is 411 g/mol. The van der Waals surface area contributed by atoms with Gasteiger partial charge in [-0.1, -0.05) is 16.8 Å². The van der Waals surface area contributed by atoms with Gasteiger partial charge in [-0.15, -0.1) is 23.1 Å². The van der Waals surface area contributed by atoms with E-state index in [0.29, 0.717) is 33.4 Å². The molecule has 0 unspecified atom stereocenters. The molecular weight excluding hydrogens is 396 g/mol. The van der Waals surface area contributed by atoms with Gasteiger partial charge in [-0.05, 0) is 18.2 Å². The minimum Gasteiger partial charge on any atom is -0.495 e. The van der Waals surface area contributed by atoms with E-state index in [1.54, 1.807) is 26.2 Å². The zero-order valence-electron chi connectivity index (χ0n) is 14.0. The van der Waals surface area contributed by atoms with E-state index in [9.17, 15) is 4.79 Å². The molecule has 0 saturated heterocycles. The number of nitrogens with one attached hydrogen (secondary N) is 1. The molecule has 1 amide bonds. The standard InChI is InChI=1S/C16H15ClN4O3S2/c1-9-18-14(21-24-9)7-25-8-15(22)20-16-19-12(6-26-16)10-3-4-13(23-2)11(17)5-10/h3-6H,7-8H2,1-2H3,(H,19,20,22). The van der Waals surface area contributed by atoms with Gasteiger partial charge in [0.1, 0.15) is 5.75 Å². The van der Waals surface area contributed by atoms with Gasteiger partial charge in [-0.25, -0.2) is 4.98 Å². The molecule has 3 rings (SSSR count). The summed E-state index contributed by atoms with van der Waals surface area (Å²) in [4.78, 5) is 20.5. The number of nitrogens with zero attached hydrogens (tertiary/aromatic N) is 3. The number of anilines is 1. The third-order valence-corrected chi connectivity index (χ3v) is 5.21. The molecule has 10 heteroatoms. The van der Waals surface area contributed by atoms with Gasteiger partial charge in [0.15, 0.2) is 11.0 Å². The summed E-state index contributed by atoms with van der Waals surface area (Å²) in [7, 11) is 1.56. The molecule has 0 aliphatic carbocycles. The summed E-state index contributed by atoms with van der Waals surface area (Å²) in [5, 5.41) is 9.48. The Bertz CT molecular complexity index is 913. The first-order valence-corrected chi connectivity index (χ1v) is 9.92. The number of thioether (sulfide) groups is 1. The summed E-state index contributed by atoms with van der Waals surface area (Å²) in [5.41, 5.74) is 1.60. The molecule has 0 aliphatic heterocycles. The highest BCUT2D eigenvalue weighted by atomic mass is 35.5. The van der Waals surface area contributed by atoms with Crippen molar-refractivity contribution < 1.29 is 14.1 Å². The number of benzene rings is 1. The Morgan fingerprint density at radius 2 is 2.27 bits per heavy atom. The summed E-state index contributed by atoms with van der Waals surface area (Å²) in [5.74, 6) is 2.35. The van der Waals surface area contributed by atoms with Gasteiger partial charge in [0.2, 0.25) is 11.8 Å². The predicted molar refractivity (Wildman–Crippen MR) is 103 cm³/mol. The number of aromatic nitrogens is 3. The van der Waals surface area contributed by atoms with E-state index in [-0.39, 0.29) is 11.7 Å². The molecule has 0 saturated carbocycles. The van der Waals surface area contributed by atoms with Crippen molar-refractivity contribution in [2.75, 3.05) is 18.2 Å². The number of thiazole rings is 1. The molecule has 0 radical (unpaired) electrons. The van der Waals surface area contributed by atoms with Crippen LogP contribution in [0, 0.1) is 6.92 Å². The van der Waals surface area contributed by atoms with Crippen molar-refractivity contribution in [2.45, 2.75) is 12.7 Å². The number of carbonyl (C=O) groups is 1. The molecular formula is C16H15ClN4O3S2. The number of halogens is 1. The zero-order valence-corrected chi connectivity index (χ0v) is 16.4. The lowest BCUT2D eigenvalue weighted by atomic mass is 10.2. The van der Waals surface area contributed by atoms with E-state index in [0.717, 1.165) is 11.3 Å². The molecule has 26 heavy (non-hydrogen) atoms. The quantitative estimate of drug-likeness (QED) is 0.628. The van der Waals surface area contributed by atoms with Crippen LogP contribution in [0.4, 0.5) is 5.13 Å². The summed E-state index contributed by atoms with van der Waals surface area (Å²) in [6.45, 7) is 1.73. The minimum absolute atomic E-state index is 0.135. The Morgan fingerprint density at radius 3 is 2.96 bits per heavy atom. The van der Waals surface area contributed by atoms with Crippen LogP contribution in [0.15, 0.2) is 28.1 Å². The molecule has 3 aromatic rings. The van der Waals surface area contributed by atoms with Crippen LogP contribution in [0.1, 0.15) is 11.7 Å². The van der Waals surface area contributed by atoms with Crippen LogP contribution in [0.3, 0.4) is 0 Å². The number of hydrogen-bond acceptors (Lipinski definition) is 8. The maximum absolute atomic E-state index is 12.0. The molecule has 136 valence electrons. The van der Waals surface area contributed by atoms with E-state index in [4.69, 9.17) is 20.9 Å². The summed E-state index contributed by atoms with van der Waals surface area (Å²) >= 11 is 8.90. The number of rotatable bonds is 7. The molecule has 2 aromatic heterocycles. The van der Waals surface area contributed by atoms with Crippen LogP contribution in [0.5, 0.6) is 5.75 Å². The van der Waals surface area contributed by atoms with E-state index in [2.05, 4.69) is 20.4 Å². The summed E-state index contributed by atoms with van der Waals surface area (Å²) < 4.78 is 10.0. The van der Waals surface area contributed by atoms with Crippen molar-refractivity contribution in [2.24, 2.45) is 0 Å². The maximum atomic E-state index is 12.0. The van der Waals surface area contributed by atoms with Gasteiger partial charge in [0.25, 0.3) is 0 Å². The third-order valence-electron chi connectivity index (χ3n) is 3.23. The van der Waals surface area contributed by atoms with Crippen molar-refractivity contribution in [1.29, 1.82) is 0 Å². The molecule has 0 bridgehead atoms. The zero-order chi connectivity index (χ0) is 18.5. The fraction of sp³-hybridized carbons (Fsp3) is 0.250. The van der Waals surface area contributed by atoms with Crippen LogP contribution in [-0.4, -0.2) is 33.9 Å². The van der Waals surface area contributed by atoms with Gasteiger partial charge in [-0.2, -0.15) is 4.98 Å². The minimum atomic E-state index is -0.135. The molecule has 2 heterocycles. The number of ether oxygens (including phenoxy) is 1. The van der Waals surface area contributed by atoms with Crippen LogP contribution in [-0.2, 0) is 10.5 Å². The van der Waals surface area contributed by atoms with Gasteiger partial charge in [-0.3, -0.25) is 4.79 Å². The summed E-state index contributed by atoms with van der Waals surface area (Å²) in [6.07, 6.45) is 0. The van der Waals surface area contributed by atoms with Crippen LogP contribution < -0.4 is 10.1 Å². The smallest absolute Gasteiger partial charge is 0.236 e. The van der Waals surface area contributed by atoms with Crippen molar-refractivity contribution >= 4 is 45.7 Å². The average Bonchev–Trinajstić information content (AvgIpc) is 3.24. The number of methoxy groups -OCH3 is 1. The molecule has 1 N–H and O–H groups in total. The third kappa shape index (κ3) is 4.75. The lowest BCUT2D eigenvalue weighted by molar-refractivity contribution is -0.113. The van der Waals surface area contributed by atoms with E-state index in [1.807, 2.05) is 11.4 Å². The van der Waals surface area contributed by atoms with E-state index >= 15 is 0 Å². The Hall–Kier alpha value is -2.10. The molecule has 0 atom stereocenters. The highest BCUT2D eigenvalue weighted by Crippen LogP contribution is 2.31. The first-order valence-electron chi connectivity index (χ1n) is 7.51. The largest absolute Gasteiger partial charge is 0.495 e. The Kier molecular flexibility index (Phi) is 6.12. The second-order valence-corrected chi connectivity index (χ2v) is 7.41. The van der Waals surface area contributed by atoms with E-state index in [1.165, 1.54) is 23.1 Å². The molecule has 1 aromatic carbocycles. The highest BCUT2D eigenvalue weighted by molar-refractivity contribution is 7.99. The molecule has 0 aliphatic rings. The fourth-order valence-corrected chi connectivity index (χ4v) is 3.73. The van der Waals surface area contributed by atoms with Crippen molar-refractivity contribution in [3.05, 3.63) is 40.3 Å². The van der Waals surface area contributed by atoms with Crippen molar-refractivity contribution in [3.8, 4) is 17.0 Å². The van der Waals surface area contributed by atoms with Gasteiger partial charge in [0, 0.05) is 17.9 Å². The van der Waals surface area contributed by atoms with Gasteiger partial charge < -0.3 is 14.6 Å². The SMILES string of the molecule is COc1ccc(-c2csc(NC(=O)CSCc3noc(C)n3)n2)cc1Cl. The number of amides is 1. The maximum Gasteiger partial charge on any atom is 0.236 e. The van der Waals surface area contributed by atoms with Crippen LogP contribution in [0.2, 0.25) is 5.02 Å². The summed E-state index contributed by atoms with van der Waals surface area (Å²) in [6, 6.07) is 5.43. The number of carbonyl (C=O) groups excluding carboxylic acids is 1. The monoisotopic (exact) mass is 410 g/mol. The number of hydrogen-bond donors (Lipinski definition) is 1. The first kappa shape index (κ1) is 18.7. The topological polar surface area (TPSA) is 90.1 Å². The fourth-order valence-electron chi connectivity index (χ4n) is 2.08. The lowest BCUT2D eigenvalue weighted by Gasteiger charge is -2.04. The normalized spacial score (nSPS) is 10.7. The van der Waals surface area contributed by atoms with Crippen LogP contribution in [0.25, 0.3) is 11.3 Å². The Balaban J connectivity index is 1.54. The predicted octanol–water partition coefficient (Wildman–Crippen LogP) is 4.04. The van der Waals surface area contributed by atoms with Gasteiger partial charge >= 0.3 is 0 Å². The Labute approximate surface area is 163 Å². The molecule has 7 nitrogen and oxygen atoms in total. The number of aryl methyl sites for hydroxylation is 1.